The maximum atomic E-state index is 12.8. The van der Waals surface area contributed by atoms with Crippen LogP contribution >= 0.6 is 11.6 Å². The second kappa shape index (κ2) is 3.83. The van der Waals surface area contributed by atoms with Gasteiger partial charge in [-0.1, -0.05) is 0 Å². The predicted molar refractivity (Wildman–Crippen MR) is 42.2 cm³/mol. The minimum Gasteiger partial charge on any atom is -0.330 e. The molecule has 0 fully saturated rings. The lowest BCUT2D eigenvalue weighted by Crippen LogP contribution is -2.17. The number of aromatic nitrogens is 1. The van der Waals surface area contributed by atoms with Crippen molar-refractivity contribution in [2.75, 3.05) is 0 Å². The average molecular weight is 226 g/mol. The van der Waals surface area contributed by atoms with E-state index in [1.54, 1.807) is 4.98 Å². The van der Waals surface area contributed by atoms with Gasteiger partial charge in [0, 0.05) is 6.07 Å². The molecule has 0 bridgehead atoms. The Balaban J connectivity index is 3.40. The van der Waals surface area contributed by atoms with Gasteiger partial charge in [-0.05, 0) is 11.6 Å². The summed E-state index contributed by atoms with van der Waals surface area (Å²) < 4.78 is 36.8. The van der Waals surface area contributed by atoms with Gasteiger partial charge in [-0.3, -0.25) is 9.59 Å². The summed E-state index contributed by atoms with van der Waals surface area (Å²) in [7, 11) is 0. The first-order valence-corrected chi connectivity index (χ1v) is 3.72. The molecule has 0 aromatic carbocycles. The van der Waals surface area contributed by atoms with E-state index in [0.717, 1.165) is 0 Å². The zero-order chi connectivity index (χ0) is 10.9. The maximum Gasteiger partial charge on any atom is 0.278 e. The predicted octanol–water partition coefficient (Wildman–Crippen LogP) is 1.83. The highest BCUT2D eigenvalue weighted by molar-refractivity contribution is 6.67. The van der Waals surface area contributed by atoms with Gasteiger partial charge >= 0.3 is 0 Å². The van der Waals surface area contributed by atoms with Crippen LogP contribution in [0.1, 0.15) is 22.5 Å². The summed E-state index contributed by atoms with van der Waals surface area (Å²) >= 11 is 4.86. The Morgan fingerprint density at radius 1 is 1.50 bits per heavy atom. The SMILES string of the molecule is O=C(Cl)c1c(F)[nH]c(C(F)F)cc1=O. The van der Waals surface area contributed by atoms with Crippen LogP contribution in [0.15, 0.2) is 10.9 Å². The molecule has 1 aromatic heterocycles. The number of carbonyl (C=O) groups excluding carboxylic acids is 1. The molecule has 0 aliphatic carbocycles. The van der Waals surface area contributed by atoms with Gasteiger partial charge < -0.3 is 4.98 Å². The van der Waals surface area contributed by atoms with E-state index in [4.69, 9.17) is 11.6 Å². The molecular weight excluding hydrogens is 223 g/mol. The lowest BCUT2D eigenvalue weighted by atomic mass is 10.2. The van der Waals surface area contributed by atoms with Crippen LogP contribution in [0.3, 0.4) is 0 Å². The monoisotopic (exact) mass is 225 g/mol. The second-order valence-electron chi connectivity index (χ2n) is 2.35. The summed E-state index contributed by atoms with van der Waals surface area (Å²) in [6, 6.07) is 0.434. The number of pyridine rings is 1. The van der Waals surface area contributed by atoms with Crippen molar-refractivity contribution in [2.45, 2.75) is 6.43 Å². The lowest BCUT2D eigenvalue weighted by Gasteiger charge is -2.01. The van der Waals surface area contributed by atoms with Crippen molar-refractivity contribution in [1.29, 1.82) is 0 Å². The first-order chi connectivity index (χ1) is 6.43. The summed E-state index contributed by atoms with van der Waals surface area (Å²) in [5.74, 6) is -1.45. The Morgan fingerprint density at radius 2 is 2.07 bits per heavy atom. The zero-order valence-electron chi connectivity index (χ0n) is 6.48. The third kappa shape index (κ3) is 1.95. The third-order valence-electron chi connectivity index (χ3n) is 1.44. The number of rotatable bonds is 2. The van der Waals surface area contributed by atoms with E-state index in [9.17, 15) is 22.8 Å². The quantitative estimate of drug-likeness (QED) is 0.617. The van der Waals surface area contributed by atoms with Crippen molar-refractivity contribution in [1.82, 2.24) is 4.98 Å². The normalized spacial score (nSPS) is 10.6. The van der Waals surface area contributed by atoms with Gasteiger partial charge in [-0.15, -0.1) is 0 Å². The highest BCUT2D eigenvalue weighted by Crippen LogP contribution is 2.15. The zero-order valence-corrected chi connectivity index (χ0v) is 7.24. The van der Waals surface area contributed by atoms with Crippen LogP contribution in [0.5, 0.6) is 0 Å². The molecule has 0 amide bonds. The average Bonchev–Trinajstić information content (AvgIpc) is 2.01. The van der Waals surface area contributed by atoms with Gasteiger partial charge in [0.1, 0.15) is 5.56 Å². The molecule has 0 aliphatic heterocycles. The van der Waals surface area contributed by atoms with Crippen LogP contribution in [0.25, 0.3) is 0 Å². The number of nitrogens with one attached hydrogen (secondary N) is 1. The third-order valence-corrected chi connectivity index (χ3v) is 1.63. The van der Waals surface area contributed by atoms with Crippen molar-refractivity contribution in [2.24, 2.45) is 0 Å². The first-order valence-electron chi connectivity index (χ1n) is 3.34. The van der Waals surface area contributed by atoms with Crippen molar-refractivity contribution in [3.8, 4) is 0 Å². The van der Waals surface area contributed by atoms with Gasteiger partial charge in [0.15, 0.2) is 5.43 Å². The van der Waals surface area contributed by atoms with E-state index in [2.05, 4.69) is 0 Å². The summed E-state index contributed by atoms with van der Waals surface area (Å²) in [4.78, 5) is 23.0. The Morgan fingerprint density at radius 3 is 2.43 bits per heavy atom. The molecular formula is C7H3ClF3NO2. The summed E-state index contributed by atoms with van der Waals surface area (Å²) in [5.41, 5.74) is -3.03. The molecule has 0 saturated heterocycles. The number of aromatic amines is 1. The molecule has 0 saturated carbocycles. The fourth-order valence-electron chi connectivity index (χ4n) is 0.848. The fourth-order valence-corrected chi connectivity index (χ4v) is 1.02. The molecule has 1 rings (SSSR count). The summed E-state index contributed by atoms with van der Waals surface area (Å²) in [5, 5.41) is -1.33. The van der Waals surface area contributed by atoms with Crippen molar-refractivity contribution >= 4 is 16.8 Å². The molecule has 1 heterocycles. The molecule has 1 aromatic rings. The molecule has 7 heteroatoms. The van der Waals surface area contributed by atoms with Crippen LogP contribution in [0.2, 0.25) is 0 Å². The van der Waals surface area contributed by atoms with Crippen LogP contribution in [-0.2, 0) is 0 Å². The van der Waals surface area contributed by atoms with Crippen LogP contribution < -0.4 is 5.43 Å². The number of alkyl halides is 2. The second-order valence-corrected chi connectivity index (χ2v) is 2.70. The number of halogens is 4. The molecule has 0 atom stereocenters. The topological polar surface area (TPSA) is 49.9 Å². The van der Waals surface area contributed by atoms with E-state index < -0.39 is 34.3 Å². The van der Waals surface area contributed by atoms with E-state index >= 15 is 0 Å². The molecule has 1 N–H and O–H groups in total. The largest absolute Gasteiger partial charge is 0.330 e. The summed E-state index contributed by atoms with van der Waals surface area (Å²) in [6.07, 6.45) is -3.02. The number of hydrogen-bond donors (Lipinski definition) is 1. The maximum absolute atomic E-state index is 12.8. The van der Waals surface area contributed by atoms with Crippen molar-refractivity contribution in [3.63, 3.8) is 0 Å². The molecule has 0 unspecified atom stereocenters. The number of hydrogen-bond acceptors (Lipinski definition) is 2. The first kappa shape index (κ1) is 10.8. The Hall–Kier alpha value is -1.30. The van der Waals surface area contributed by atoms with E-state index in [-0.39, 0.29) is 0 Å². The van der Waals surface area contributed by atoms with Gasteiger partial charge in [-0.25, -0.2) is 8.78 Å². The Labute approximate surface area is 80.5 Å². The number of H-pyrrole nitrogens is 1. The molecule has 0 aliphatic rings. The van der Waals surface area contributed by atoms with E-state index in [0.29, 0.717) is 6.07 Å². The van der Waals surface area contributed by atoms with Gasteiger partial charge in [0.2, 0.25) is 5.95 Å². The van der Waals surface area contributed by atoms with E-state index in [1.165, 1.54) is 0 Å². The smallest absolute Gasteiger partial charge is 0.278 e. The Bertz CT molecular complexity index is 429. The van der Waals surface area contributed by atoms with Gasteiger partial charge in [0.05, 0.1) is 5.69 Å². The van der Waals surface area contributed by atoms with Crippen LogP contribution in [0, 0.1) is 5.95 Å². The van der Waals surface area contributed by atoms with Gasteiger partial charge in [0.25, 0.3) is 11.7 Å². The van der Waals surface area contributed by atoms with Crippen LogP contribution in [-0.4, -0.2) is 10.2 Å². The highest BCUT2D eigenvalue weighted by atomic mass is 35.5. The molecule has 0 spiro atoms. The van der Waals surface area contributed by atoms with Gasteiger partial charge in [-0.2, -0.15) is 4.39 Å². The standard InChI is InChI=1S/C7H3ClF3NO2/c8-5(14)4-3(13)1-2(6(9)10)12-7(4)11/h1,6H,(H,12,13). The highest BCUT2D eigenvalue weighted by Gasteiger charge is 2.18. The van der Waals surface area contributed by atoms with Crippen LogP contribution in [0.4, 0.5) is 13.2 Å². The van der Waals surface area contributed by atoms with Crippen molar-refractivity contribution < 1.29 is 18.0 Å². The van der Waals surface area contributed by atoms with E-state index in [1.807, 2.05) is 0 Å². The molecule has 3 nitrogen and oxygen atoms in total. The summed E-state index contributed by atoms with van der Waals surface area (Å²) in [6.45, 7) is 0. The number of carbonyl (C=O) groups is 1. The molecule has 76 valence electrons. The molecule has 14 heavy (non-hydrogen) atoms. The van der Waals surface area contributed by atoms with Crippen molar-refractivity contribution in [3.05, 3.63) is 33.5 Å². The Kier molecular flexibility index (Phi) is 2.95. The lowest BCUT2D eigenvalue weighted by molar-refractivity contribution is 0.107. The fraction of sp³-hybridized carbons (Fsp3) is 0.143. The molecule has 0 radical (unpaired) electrons. The minimum atomic E-state index is -3.02. The minimum absolute atomic E-state index is 0.434.